The second kappa shape index (κ2) is 9.30. The van der Waals surface area contributed by atoms with Gasteiger partial charge in [0.15, 0.2) is 0 Å². The van der Waals surface area contributed by atoms with Gasteiger partial charge >= 0.3 is 0 Å². The van der Waals surface area contributed by atoms with Crippen molar-refractivity contribution in [3.8, 4) is 11.5 Å². The lowest BCUT2D eigenvalue weighted by Crippen LogP contribution is -1.94. The number of benzene rings is 2. The van der Waals surface area contributed by atoms with Crippen LogP contribution >= 0.6 is 0 Å². The van der Waals surface area contributed by atoms with Crippen LogP contribution in [-0.4, -0.2) is 24.1 Å². The van der Waals surface area contributed by atoms with Crippen molar-refractivity contribution >= 4 is 22.7 Å². The molecule has 0 unspecified atom stereocenters. The summed E-state index contributed by atoms with van der Waals surface area (Å²) >= 11 is 0. The Balaban J connectivity index is 0.000000263. The zero-order valence-electron chi connectivity index (χ0n) is 13.7. The first-order valence-electron chi connectivity index (χ1n) is 6.79. The van der Waals surface area contributed by atoms with Crippen molar-refractivity contribution in [2.24, 2.45) is 5.11 Å². The number of nitro groups is 2. The molecular formula is C14H14N6O6. The van der Waals surface area contributed by atoms with Crippen LogP contribution in [-0.2, 0) is 0 Å². The number of nitro benzene ring substituents is 2. The first-order valence-corrected chi connectivity index (χ1v) is 6.79. The third-order valence-electron chi connectivity index (χ3n) is 2.95. The van der Waals surface area contributed by atoms with Crippen LogP contribution in [0.4, 0.5) is 22.7 Å². The molecule has 0 aliphatic rings. The molecule has 0 atom stereocenters. The molecule has 0 fully saturated rings. The van der Waals surface area contributed by atoms with Crippen LogP contribution in [0.25, 0.3) is 10.4 Å². The lowest BCUT2D eigenvalue weighted by atomic mass is 10.2. The highest BCUT2D eigenvalue weighted by molar-refractivity contribution is 5.57. The van der Waals surface area contributed by atoms with Crippen molar-refractivity contribution in [2.45, 2.75) is 0 Å². The van der Waals surface area contributed by atoms with E-state index in [-0.39, 0.29) is 22.8 Å². The number of azide groups is 1. The highest BCUT2D eigenvalue weighted by Crippen LogP contribution is 2.31. The summed E-state index contributed by atoms with van der Waals surface area (Å²) in [5.74, 6) is 0.501. The summed E-state index contributed by atoms with van der Waals surface area (Å²) in [5, 5.41) is 24.0. The molecule has 0 bridgehead atoms. The Kier molecular flexibility index (Phi) is 7.15. The van der Waals surface area contributed by atoms with Gasteiger partial charge in [-0.1, -0.05) is 5.11 Å². The summed E-state index contributed by atoms with van der Waals surface area (Å²) in [4.78, 5) is 22.2. The number of anilines is 1. The lowest BCUT2D eigenvalue weighted by molar-refractivity contribution is -0.385. The third-order valence-corrected chi connectivity index (χ3v) is 2.95. The van der Waals surface area contributed by atoms with E-state index < -0.39 is 9.85 Å². The number of nitrogens with two attached hydrogens (primary N) is 1. The monoisotopic (exact) mass is 362 g/mol. The van der Waals surface area contributed by atoms with Gasteiger partial charge in [-0.2, -0.15) is 0 Å². The minimum absolute atomic E-state index is 0.0268. The van der Waals surface area contributed by atoms with Gasteiger partial charge in [0.05, 0.1) is 47.6 Å². The Hall–Kier alpha value is -4.05. The maximum absolute atomic E-state index is 10.4. The minimum Gasteiger partial charge on any atom is -0.496 e. The Morgan fingerprint density at radius 1 is 1.00 bits per heavy atom. The van der Waals surface area contributed by atoms with Crippen LogP contribution in [0, 0.1) is 20.2 Å². The van der Waals surface area contributed by atoms with E-state index in [0.717, 1.165) is 0 Å². The molecule has 12 nitrogen and oxygen atoms in total. The number of hydrogen-bond donors (Lipinski definition) is 1. The first-order chi connectivity index (χ1) is 12.3. The van der Waals surface area contributed by atoms with Gasteiger partial charge < -0.3 is 15.2 Å². The van der Waals surface area contributed by atoms with Crippen LogP contribution in [0.3, 0.4) is 0 Å². The van der Waals surface area contributed by atoms with Gasteiger partial charge in [-0.15, -0.1) is 0 Å². The average Bonchev–Trinajstić information content (AvgIpc) is 2.62. The molecule has 0 aromatic heterocycles. The fourth-order valence-corrected chi connectivity index (χ4v) is 1.72. The Morgan fingerprint density at radius 3 is 1.96 bits per heavy atom. The summed E-state index contributed by atoms with van der Waals surface area (Å²) in [6.07, 6.45) is 0. The molecule has 2 aromatic carbocycles. The summed E-state index contributed by atoms with van der Waals surface area (Å²) in [7, 11) is 2.75. The first kappa shape index (κ1) is 20.0. The highest BCUT2D eigenvalue weighted by Gasteiger charge is 2.10. The van der Waals surface area contributed by atoms with E-state index in [9.17, 15) is 20.2 Å². The van der Waals surface area contributed by atoms with Crippen LogP contribution in [0.15, 0.2) is 41.5 Å². The molecule has 0 heterocycles. The van der Waals surface area contributed by atoms with Crippen LogP contribution in [0.5, 0.6) is 11.5 Å². The summed E-state index contributed by atoms with van der Waals surface area (Å²) in [5.41, 5.74) is 14.1. The molecule has 0 spiro atoms. The molecule has 0 aliphatic carbocycles. The van der Waals surface area contributed by atoms with Crippen LogP contribution < -0.4 is 15.2 Å². The second-order valence-corrected chi connectivity index (χ2v) is 4.49. The van der Waals surface area contributed by atoms with Crippen molar-refractivity contribution in [1.29, 1.82) is 0 Å². The van der Waals surface area contributed by atoms with Gasteiger partial charge in [0.25, 0.3) is 11.4 Å². The predicted octanol–water partition coefficient (Wildman–Crippen LogP) is 3.73. The fourth-order valence-electron chi connectivity index (χ4n) is 1.72. The SMILES string of the molecule is COc1cc([N+](=O)[O-])ccc1N.COc1cc([N+](=O)[O-])ccc1N=[N+]=[N-]. The van der Waals surface area contributed by atoms with Crippen molar-refractivity contribution in [3.05, 3.63) is 67.1 Å². The molecule has 2 aromatic rings. The molecule has 0 amide bonds. The number of methoxy groups -OCH3 is 2. The van der Waals surface area contributed by atoms with Crippen LogP contribution in [0.1, 0.15) is 0 Å². The van der Waals surface area contributed by atoms with E-state index in [0.29, 0.717) is 11.4 Å². The number of hydrogen-bond acceptors (Lipinski definition) is 8. The molecule has 136 valence electrons. The maximum atomic E-state index is 10.4. The van der Waals surface area contributed by atoms with E-state index in [1.165, 1.54) is 50.6 Å². The number of nitrogens with zero attached hydrogens (tertiary/aromatic N) is 5. The highest BCUT2D eigenvalue weighted by atomic mass is 16.6. The molecule has 0 radical (unpaired) electrons. The van der Waals surface area contributed by atoms with Gasteiger partial charge in [0.2, 0.25) is 0 Å². The van der Waals surface area contributed by atoms with E-state index in [1.807, 2.05) is 0 Å². The average molecular weight is 362 g/mol. The Labute approximate surface area is 146 Å². The molecule has 26 heavy (non-hydrogen) atoms. The number of nitrogen functional groups attached to an aromatic ring is 1. The molecular weight excluding hydrogens is 348 g/mol. The summed E-state index contributed by atoms with van der Waals surface area (Å²) in [6.45, 7) is 0. The van der Waals surface area contributed by atoms with Gasteiger partial charge in [-0.25, -0.2) is 0 Å². The zero-order valence-corrected chi connectivity index (χ0v) is 13.7. The molecule has 0 saturated carbocycles. The van der Waals surface area contributed by atoms with E-state index in [1.54, 1.807) is 0 Å². The van der Waals surface area contributed by atoms with E-state index in [4.69, 9.17) is 20.7 Å². The zero-order chi connectivity index (χ0) is 19.7. The maximum Gasteiger partial charge on any atom is 0.273 e. The Bertz CT molecular complexity index is 865. The number of non-ortho nitro benzene ring substituents is 2. The van der Waals surface area contributed by atoms with Crippen LogP contribution in [0.2, 0.25) is 0 Å². The van der Waals surface area contributed by atoms with Crippen molar-refractivity contribution in [2.75, 3.05) is 20.0 Å². The fraction of sp³-hybridized carbons (Fsp3) is 0.143. The number of rotatable bonds is 5. The predicted molar refractivity (Wildman–Crippen MR) is 92.5 cm³/mol. The van der Waals surface area contributed by atoms with Crippen molar-refractivity contribution in [1.82, 2.24) is 0 Å². The van der Waals surface area contributed by atoms with Gasteiger partial charge in [-0.05, 0) is 17.7 Å². The molecule has 2 rings (SSSR count). The lowest BCUT2D eigenvalue weighted by Gasteiger charge is -2.02. The molecule has 12 heteroatoms. The normalized spacial score (nSPS) is 9.15. The minimum atomic E-state index is -0.553. The van der Waals surface area contributed by atoms with E-state index >= 15 is 0 Å². The van der Waals surface area contributed by atoms with Gasteiger partial charge in [0, 0.05) is 17.0 Å². The summed E-state index contributed by atoms with van der Waals surface area (Å²) < 4.78 is 9.63. The second-order valence-electron chi connectivity index (χ2n) is 4.49. The topological polar surface area (TPSA) is 180 Å². The Morgan fingerprint density at radius 2 is 1.50 bits per heavy atom. The summed E-state index contributed by atoms with van der Waals surface area (Å²) in [6, 6.07) is 7.83. The van der Waals surface area contributed by atoms with Crippen molar-refractivity contribution in [3.63, 3.8) is 0 Å². The molecule has 2 N–H and O–H groups in total. The third kappa shape index (κ3) is 5.25. The largest absolute Gasteiger partial charge is 0.496 e. The van der Waals surface area contributed by atoms with Gasteiger partial charge in [-0.3, -0.25) is 20.2 Å². The smallest absolute Gasteiger partial charge is 0.273 e. The van der Waals surface area contributed by atoms with Gasteiger partial charge in [0.1, 0.15) is 11.5 Å². The quantitative estimate of drug-likeness (QED) is 0.210. The van der Waals surface area contributed by atoms with E-state index in [2.05, 4.69) is 10.0 Å². The number of ether oxygens (including phenoxy) is 2. The molecule has 0 saturated heterocycles. The molecule has 0 aliphatic heterocycles. The van der Waals surface area contributed by atoms with Crippen molar-refractivity contribution < 1.29 is 19.3 Å². The standard InChI is InChI=1S/C7H6N4O3.C7H8N2O3/c1-14-7-4-5(11(12)13)2-3-6(7)9-10-8;1-12-7-4-5(9(10)11)2-3-6(7)8/h2-4H,1H3;2-4H,8H2,1H3.